The van der Waals surface area contributed by atoms with Gasteiger partial charge in [0.25, 0.3) is 0 Å². The molecule has 142 valence electrons. The van der Waals surface area contributed by atoms with Crippen molar-refractivity contribution < 1.29 is 4.79 Å². The fraction of sp³-hybridized carbons (Fsp3) is 0.706. The van der Waals surface area contributed by atoms with E-state index < -0.39 is 0 Å². The number of hydrogen-bond acceptors (Lipinski definition) is 5. The molecule has 2 atom stereocenters. The number of aromatic nitrogens is 2. The minimum Gasteiger partial charge on any atom is -0.365 e. The summed E-state index contributed by atoms with van der Waals surface area (Å²) in [5.41, 5.74) is 1.15. The summed E-state index contributed by atoms with van der Waals surface area (Å²) in [6, 6.07) is 2.36. The van der Waals surface area contributed by atoms with E-state index in [0.717, 1.165) is 37.4 Å². The lowest BCUT2D eigenvalue weighted by Gasteiger charge is -2.19. The molecule has 2 fully saturated rings. The van der Waals surface area contributed by atoms with Crippen molar-refractivity contribution in [1.29, 1.82) is 0 Å². The molecule has 2 heterocycles. The van der Waals surface area contributed by atoms with Gasteiger partial charge in [0.15, 0.2) is 0 Å². The summed E-state index contributed by atoms with van der Waals surface area (Å²) >= 11 is 0. The fourth-order valence-electron chi connectivity index (χ4n) is 3.41. The van der Waals surface area contributed by atoms with Crippen molar-refractivity contribution in [3.8, 4) is 0 Å². The van der Waals surface area contributed by atoms with E-state index >= 15 is 0 Å². The maximum Gasteiger partial charge on any atom is 0.236 e. The SMILES string of the molecule is CCC[C@H]1CN(C(=O)CNC)C[C@@H]1Nc1cc(C2CC2)ncn1.Cl.Cl. The van der Waals surface area contributed by atoms with E-state index in [1.54, 1.807) is 6.33 Å². The molecule has 1 aliphatic carbocycles. The van der Waals surface area contributed by atoms with Gasteiger partial charge in [-0.1, -0.05) is 13.3 Å². The van der Waals surface area contributed by atoms with E-state index in [1.807, 2.05) is 11.9 Å². The molecule has 1 aliphatic heterocycles. The second-order valence-electron chi connectivity index (χ2n) is 6.73. The Morgan fingerprint density at radius 1 is 1.28 bits per heavy atom. The van der Waals surface area contributed by atoms with Crippen LogP contribution in [0.4, 0.5) is 5.82 Å². The molecule has 8 heteroatoms. The van der Waals surface area contributed by atoms with Gasteiger partial charge in [-0.2, -0.15) is 0 Å². The quantitative estimate of drug-likeness (QED) is 0.749. The largest absolute Gasteiger partial charge is 0.365 e. The minimum atomic E-state index is 0. The second kappa shape index (κ2) is 10.1. The Hall–Kier alpha value is -1.11. The lowest BCUT2D eigenvalue weighted by Crippen LogP contribution is -2.37. The number of rotatable bonds is 7. The molecule has 2 aliphatic rings. The smallest absolute Gasteiger partial charge is 0.236 e. The van der Waals surface area contributed by atoms with Crippen LogP contribution in [0.5, 0.6) is 0 Å². The van der Waals surface area contributed by atoms with Crippen LogP contribution in [0.25, 0.3) is 0 Å². The summed E-state index contributed by atoms with van der Waals surface area (Å²) in [7, 11) is 1.81. The summed E-state index contributed by atoms with van der Waals surface area (Å²) in [6.45, 7) is 4.20. The zero-order valence-corrected chi connectivity index (χ0v) is 16.5. The first-order valence-corrected chi connectivity index (χ1v) is 8.72. The molecule has 0 aromatic carbocycles. The number of halogens is 2. The number of nitrogens with zero attached hydrogens (tertiary/aromatic N) is 3. The normalized spacial score (nSPS) is 22.1. The number of hydrogen-bond donors (Lipinski definition) is 2. The van der Waals surface area contributed by atoms with Crippen molar-refractivity contribution in [3.05, 3.63) is 18.1 Å². The topological polar surface area (TPSA) is 70.2 Å². The van der Waals surface area contributed by atoms with Crippen LogP contribution in [-0.2, 0) is 4.79 Å². The van der Waals surface area contributed by atoms with Crippen molar-refractivity contribution in [1.82, 2.24) is 20.2 Å². The second-order valence-corrected chi connectivity index (χ2v) is 6.73. The zero-order chi connectivity index (χ0) is 16.2. The highest BCUT2D eigenvalue weighted by atomic mass is 35.5. The van der Waals surface area contributed by atoms with E-state index in [4.69, 9.17) is 0 Å². The summed E-state index contributed by atoms with van der Waals surface area (Å²) in [5, 5.41) is 6.51. The van der Waals surface area contributed by atoms with Crippen molar-refractivity contribution in [3.63, 3.8) is 0 Å². The Labute approximate surface area is 162 Å². The van der Waals surface area contributed by atoms with Gasteiger partial charge >= 0.3 is 0 Å². The predicted molar refractivity (Wildman–Crippen MR) is 105 cm³/mol. The number of carbonyl (C=O) groups is 1. The summed E-state index contributed by atoms with van der Waals surface area (Å²) < 4.78 is 0. The van der Waals surface area contributed by atoms with Crippen LogP contribution < -0.4 is 10.6 Å². The molecule has 1 aromatic heterocycles. The van der Waals surface area contributed by atoms with E-state index in [2.05, 4.69) is 33.6 Å². The van der Waals surface area contributed by atoms with Crippen LogP contribution in [0, 0.1) is 5.92 Å². The van der Waals surface area contributed by atoms with Gasteiger partial charge in [0.05, 0.1) is 6.54 Å². The molecular formula is C17H29Cl2N5O. The molecule has 6 nitrogen and oxygen atoms in total. The molecule has 1 amide bonds. The molecular weight excluding hydrogens is 361 g/mol. The lowest BCUT2D eigenvalue weighted by molar-refractivity contribution is -0.129. The molecule has 1 saturated heterocycles. The Morgan fingerprint density at radius 3 is 2.68 bits per heavy atom. The van der Waals surface area contributed by atoms with Crippen LogP contribution in [0.3, 0.4) is 0 Å². The van der Waals surface area contributed by atoms with E-state index in [1.165, 1.54) is 12.8 Å². The highest BCUT2D eigenvalue weighted by Crippen LogP contribution is 2.39. The number of amides is 1. The van der Waals surface area contributed by atoms with Gasteiger partial charge in [-0.3, -0.25) is 4.79 Å². The van der Waals surface area contributed by atoms with Crippen molar-refractivity contribution in [2.75, 3.05) is 32.0 Å². The van der Waals surface area contributed by atoms with E-state index in [9.17, 15) is 4.79 Å². The Kier molecular flexibility index (Phi) is 8.89. The third-order valence-corrected chi connectivity index (χ3v) is 4.80. The first kappa shape index (κ1) is 21.9. The maximum absolute atomic E-state index is 12.2. The Bertz CT molecular complexity index is 556. The third-order valence-electron chi connectivity index (χ3n) is 4.80. The summed E-state index contributed by atoms with van der Waals surface area (Å²) in [4.78, 5) is 22.9. The van der Waals surface area contributed by atoms with Gasteiger partial charge in [0, 0.05) is 36.8 Å². The van der Waals surface area contributed by atoms with Gasteiger partial charge in [-0.25, -0.2) is 9.97 Å². The summed E-state index contributed by atoms with van der Waals surface area (Å²) in [5.74, 6) is 2.19. The average Bonchev–Trinajstić information content (AvgIpc) is 3.32. The highest BCUT2D eigenvalue weighted by molar-refractivity contribution is 5.85. The zero-order valence-electron chi connectivity index (χ0n) is 14.9. The van der Waals surface area contributed by atoms with Crippen LogP contribution >= 0.6 is 24.8 Å². The number of nitrogens with one attached hydrogen (secondary N) is 2. The van der Waals surface area contributed by atoms with Gasteiger partial charge in [0.1, 0.15) is 12.1 Å². The van der Waals surface area contributed by atoms with Crippen LogP contribution in [-0.4, -0.2) is 53.5 Å². The number of carbonyl (C=O) groups excluding carboxylic acids is 1. The number of likely N-dealkylation sites (tertiary alicyclic amines) is 1. The molecule has 3 rings (SSSR count). The Balaban J connectivity index is 0.00000156. The molecule has 0 radical (unpaired) electrons. The van der Waals surface area contributed by atoms with Crippen molar-refractivity contribution >= 4 is 36.5 Å². The number of anilines is 1. The van der Waals surface area contributed by atoms with Crippen LogP contribution in [0.1, 0.15) is 44.2 Å². The van der Waals surface area contributed by atoms with Gasteiger partial charge < -0.3 is 15.5 Å². The third kappa shape index (κ3) is 5.69. The van der Waals surface area contributed by atoms with Crippen LogP contribution in [0.15, 0.2) is 12.4 Å². The first-order valence-electron chi connectivity index (χ1n) is 8.72. The first-order chi connectivity index (χ1) is 11.2. The van der Waals surface area contributed by atoms with Crippen molar-refractivity contribution in [2.24, 2.45) is 5.92 Å². The molecule has 1 saturated carbocycles. The monoisotopic (exact) mass is 389 g/mol. The summed E-state index contributed by atoms with van der Waals surface area (Å²) in [6.07, 6.45) is 6.40. The van der Waals surface area contributed by atoms with Gasteiger partial charge in [-0.05, 0) is 32.2 Å². The van der Waals surface area contributed by atoms with Crippen LogP contribution in [0.2, 0.25) is 0 Å². The molecule has 0 unspecified atom stereocenters. The fourth-order valence-corrected chi connectivity index (χ4v) is 3.41. The highest BCUT2D eigenvalue weighted by Gasteiger charge is 2.34. The Morgan fingerprint density at radius 2 is 2.04 bits per heavy atom. The average molecular weight is 390 g/mol. The van der Waals surface area contributed by atoms with E-state index in [0.29, 0.717) is 18.4 Å². The molecule has 0 spiro atoms. The molecule has 0 bridgehead atoms. The molecule has 1 aromatic rings. The van der Waals surface area contributed by atoms with E-state index in [-0.39, 0.29) is 36.8 Å². The lowest BCUT2D eigenvalue weighted by atomic mass is 9.98. The molecule has 2 N–H and O–H groups in total. The minimum absolute atomic E-state index is 0. The maximum atomic E-state index is 12.2. The standard InChI is InChI=1S/C17H27N5O.2ClH/c1-3-4-13-9-22(17(23)8-18-2)10-15(13)21-16-7-14(12-5-6-12)19-11-20-16;;/h7,11-13,15,18H,3-6,8-10H2,1-2H3,(H,19,20,21);2*1H/t13-,15-;;/m0../s1. The predicted octanol–water partition coefficient (Wildman–Crippen LogP) is 2.46. The van der Waals surface area contributed by atoms with Gasteiger partial charge in [0.2, 0.25) is 5.91 Å². The molecule has 25 heavy (non-hydrogen) atoms. The van der Waals surface area contributed by atoms with Crippen molar-refractivity contribution in [2.45, 2.75) is 44.6 Å². The number of likely N-dealkylation sites (N-methyl/N-ethyl adjacent to an activating group) is 1. The van der Waals surface area contributed by atoms with Gasteiger partial charge in [-0.15, -0.1) is 24.8 Å².